The van der Waals surface area contributed by atoms with Crippen LogP contribution in [0.5, 0.6) is 0 Å². The Bertz CT molecular complexity index is 686. The number of pyridine rings is 1. The van der Waals surface area contributed by atoms with E-state index in [1.807, 2.05) is 0 Å². The first kappa shape index (κ1) is 13.7. The number of nitrogens with one attached hydrogen (secondary N) is 1. The molecule has 2 aromatic rings. The van der Waals surface area contributed by atoms with Crippen LogP contribution in [-0.2, 0) is 0 Å². The number of aromatic carboxylic acids is 1. The SMILES string of the molecule is Cc1ncccc1C(=O)Nc1cc(C(=O)O)ccc1F. The largest absolute Gasteiger partial charge is 0.478 e. The van der Waals surface area contributed by atoms with Crippen LogP contribution in [0.3, 0.4) is 0 Å². The number of halogens is 1. The van der Waals surface area contributed by atoms with E-state index in [1.165, 1.54) is 6.20 Å². The molecule has 20 heavy (non-hydrogen) atoms. The number of aryl methyl sites for hydroxylation is 1. The summed E-state index contributed by atoms with van der Waals surface area (Å²) in [6, 6.07) is 6.33. The molecule has 6 heteroatoms. The van der Waals surface area contributed by atoms with Crippen molar-refractivity contribution in [2.45, 2.75) is 6.92 Å². The van der Waals surface area contributed by atoms with E-state index in [9.17, 15) is 14.0 Å². The predicted molar refractivity (Wildman–Crippen MR) is 70.3 cm³/mol. The van der Waals surface area contributed by atoms with Crippen molar-refractivity contribution in [3.8, 4) is 0 Å². The third-order valence-corrected chi connectivity index (χ3v) is 2.71. The fraction of sp³-hybridized carbons (Fsp3) is 0.0714. The van der Waals surface area contributed by atoms with E-state index in [0.717, 1.165) is 18.2 Å². The number of anilines is 1. The summed E-state index contributed by atoms with van der Waals surface area (Å²) in [5.74, 6) is -2.44. The standard InChI is InChI=1S/C14H11FN2O3/c1-8-10(3-2-6-16-8)13(18)17-12-7-9(14(19)20)4-5-11(12)15/h2-7H,1H3,(H,17,18)(H,19,20). The van der Waals surface area contributed by atoms with Gasteiger partial charge in [0.1, 0.15) is 5.82 Å². The van der Waals surface area contributed by atoms with E-state index in [1.54, 1.807) is 19.1 Å². The summed E-state index contributed by atoms with van der Waals surface area (Å²) in [5.41, 5.74) is 0.509. The van der Waals surface area contributed by atoms with Gasteiger partial charge in [-0.2, -0.15) is 0 Å². The number of carbonyl (C=O) groups excluding carboxylic acids is 1. The molecule has 0 fully saturated rings. The minimum absolute atomic E-state index is 0.107. The molecule has 2 N–H and O–H groups in total. The smallest absolute Gasteiger partial charge is 0.335 e. The molecule has 0 radical (unpaired) electrons. The van der Waals surface area contributed by atoms with Gasteiger partial charge in [-0.15, -0.1) is 0 Å². The maximum Gasteiger partial charge on any atom is 0.335 e. The number of carboxylic acid groups (broad SMARTS) is 1. The van der Waals surface area contributed by atoms with Gasteiger partial charge in [0.2, 0.25) is 0 Å². The van der Waals surface area contributed by atoms with Crippen LogP contribution in [0.2, 0.25) is 0 Å². The van der Waals surface area contributed by atoms with Crippen LogP contribution < -0.4 is 5.32 Å². The molecule has 0 saturated heterocycles. The van der Waals surface area contributed by atoms with Crippen LogP contribution in [-0.4, -0.2) is 22.0 Å². The number of amides is 1. The van der Waals surface area contributed by atoms with Gasteiger partial charge >= 0.3 is 5.97 Å². The van der Waals surface area contributed by atoms with E-state index in [2.05, 4.69) is 10.3 Å². The highest BCUT2D eigenvalue weighted by Gasteiger charge is 2.14. The molecule has 5 nitrogen and oxygen atoms in total. The van der Waals surface area contributed by atoms with Crippen LogP contribution in [0.4, 0.5) is 10.1 Å². The molecular weight excluding hydrogens is 263 g/mol. The van der Waals surface area contributed by atoms with E-state index in [-0.39, 0.29) is 11.3 Å². The van der Waals surface area contributed by atoms with E-state index in [4.69, 9.17) is 5.11 Å². The minimum atomic E-state index is -1.20. The minimum Gasteiger partial charge on any atom is -0.478 e. The van der Waals surface area contributed by atoms with Gasteiger partial charge in [-0.3, -0.25) is 9.78 Å². The Morgan fingerprint density at radius 3 is 2.70 bits per heavy atom. The second-order valence-electron chi connectivity index (χ2n) is 4.09. The van der Waals surface area contributed by atoms with Gasteiger partial charge in [-0.25, -0.2) is 9.18 Å². The van der Waals surface area contributed by atoms with Crippen LogP contribution in [0.15, 0.2) is 36.5 Å². The number of hydrogen-bond donors (Lipinski definition) is 2. The molecule has 1 amide bonds. The van der Waals surface area contributed by atoms with Crippen molar-refractivity contribution >= 4 is 17.6 Å². The maximum atomic E-state index is 13.6. The average Bonchev–Trinajstić information content (AvgIpc) is 2.41. The first-order valence-corrected chi connectivity index (χ1v) is 5.75. The lowest BCUT2D eigenvalue weighted by Crippen LogP contribution is -2.15. The lowest BCUT2D eigenvalue weighted by molar-refractivity contribution is 0.0696. The Labute approximate surface area is 114 Å². The number of rotatable bonds is 3. The summed E-state index contributed by atoms with van der Waals surface area (Å²) in [6.45, 7) is 1.65. The second-order valence-corrected chi connectivity index (χ2v) is 4.09. The summed E-state index contributed by atoms with van der Waals surface area (Å²) < 4.78 is 13.6. The molecule has 0 saturated carbocycles. The number of nitrogens with zero attached hydrogens (tertiary/aromatic N) is 1. The molecule has 0 atom stereocenters. The molecule has 0 bridgehead atoms. The summed E-state index contributed by atoms with van der Waals surface area (Å²) in [7, 11) is 0. The lowest BCUT2D eigenvalue weighted by atomic mass is 10.1. The summed E-state index contributed by atoms with van der Waals surface area (Å²) >= 11 is 0. The fourth-order valence-electron chi connectivity index (χ4n) is 1.67. The quantitative estimate of drug-likeness (QED) is 0.901. The van der Waals surface area contributed by atoms with Gasteiger partial charge < -0.3 is 10.4 Å². The average molecular weight is 274 g/mol. The Morgan fingerprint density at radius 2 is 2.05 bits per heavy atom. The molecule has 1 heterocycles. The first-order chi connectivity index (χ1) is 9.49. The highest BCUT2D eigenvalue weighted by atomic mass is 19.1. The van der Waals surface area contributed by atoms with Crippen LogP contribution in [0, 0.1) is 12.7 Å². The second kappa shape index (κ2) is 5.48. The van der Waals surface area contributed by atoms with E-state index in [0.29, 0.717) is 11.3 Å². The molecule has 2 rings (SSSR count). The Kier molecular flexibility index (Phi) is 3.74. The van der Waals surface area contributed by atoms with Crippen LogP contribution >= 0.6 is 0 Å². The summed E-state index contributed by atoms with van der Waals surface area (Å²) in [5, 5.41) is 11.2. The Balaban J connectivity index is 2.30. The molecule has 0 aliphatic heterocycles. The zero-order chi connectivity index (χ0) is 14.7. The number of benzene rings is 1. The number of carbonyl (C=O) groups is 2. The van der Waals surface area contributed by atoms with Crippen molar-refractivity contribution in [2.75, 3.05) is 5.32 Å². The number of carboxylic acids is 1. The van der Waals surface area contributed by atoms with Gasteiger partial charge in [-0.05, 0) is 37.3 Å². The van der Waals surface area contributed by atoms with Crippen molar-refractivity contribution in [3.63, 3.8) is 0 Å². The summed E-state index contributed by atoms with van der Waals surface area (Å²) in [4.78, 5) is 26.8. The van der Waals surface area contributed by atoms with Crippen molar-refractivity contribution < 1.29 is 19.1 Å². The zero-order valence-corrected chi connectivity index (χ0v) is 10.6. The normalized spacial score (nSPS) is 10.1. The van der Waals surface area contributed by atoms with E-state index < -0.39 is 17.7 Å². The maximum absolute atomic E-state index is 13.6. The zero-order valence-electron chi connectivity index (χ0n) is 10.6. The van der Waals surface area contributed by atoms with Crippen molar-refractivity contribution in [2.24, 2.45) is 0 Å². The predicted octanol–water partition coefficient (Wildman–Crippen LogP) is 2.48. The fourth-order valence-corrected chi connectivity index (χ4v) is 1.67. The number of aromatic nitrogens is 1. The van der Waals surface area contributed by atoms with Gasteiger partial charge in [0.05, 0.1) is 16.8 Å². The van der Waals surface area contributed by atoms with Gasteiger partial charge in [0.15, 0.2) is 0 Å². The molecular formula is C14H11FN2O3. The van der Waals surface area contributed by atoms with Crippen molar-refractivity contribution in [3.05, 3.63) is 59.2 Å². The molecule has 0 aliphatic carbocycles. The number of hydrogen-bond acceptors (Lipinski definition) is 3. The Morgan fingerprint density at radius 1 is 1.30 bits per heavy atom. The molecule has 102 valence electrons. The molecule has 0 aliphatic rings. The monoisotopic (exact) mass is 274 g/mol. The molecule has 0 unspecified atom stereocenters. The summed E-state index contributed by atoms with van der Waals surface area (Å²) in [6.07, 6.45) is 1.54. The van der Waals surface area contributed by atoms with Crippen LogP contribution in [0.25, 0.3) is 0 Å². The van der Waals surface area contributed by atoms with Crippen molar-refractivity contribution in [1.82, 2.24) is 4.98 Å². The lowest BCUT2D eigenvalue weighted by Gasteiger charge is -2.08. The van der Waals surface area contributed by atoms with E-state index >= 15 is 0 Å². The third-order valence-electron chi connectivity index (χ3n) is 2.71. The molecule has 1 aromatic heterocycles. The molecule has 0 spiro atoms. The molecule has 1 aromatic carbocycles. The third kappa shape index (κ3) is 2.80. The van der Waals surface area contributed by atoms with Gasteiger partial charge in [-0.1, -0.05) is 0 Å². The Hall–Kier alpha value is -2.76. The van der Waals surface area contributed by atoms with Gasteiger partial charge in [0.25, 0.3) is 5.91 Å². The highest BCUT2D eigenvalue weighted by molar-refractivity contribution is 6.05. The topological polar surface area (TPSA) is 79.3 Å². The first-order valence-electron chi connectivity index (χ1n) is 5.75. The highest BCUT2D eigenvalue weighted by Crippen LogP contribution is 2.18. The van der Waals surface area contributed by atoms with Crippen molar-refractivity contribution in [1.29, 1.82) is 0 Å². The van der Waals surface area contributed by atoms with Crippen LogP contribution in [0.1, 0.15) is 26.4 Å². The van der Waals surface area contributed by atoms with Gasteiger partial charge in [0, 0.05) is 11.9 Å².